The fourth-order valence-corrected chi connectivity index (χ4v) is 4.83. The van der Waals surface area contributed by atoms with Gasteiger partial charge in [-0.25, -0.2) is 18.1 Å². The van der Waals surface area contributed by atoms with Gasteiger partial charge in [0.1, 0.15) is 0 Å². The summed E-state index contributed by atoms with van der Waals surface area (Å²) in [5.74, 6) is -0.432. The zero-order valence-electron chi connectivity index (χ0n) is 12.4. The molecule has 0 N–H and O–H groups in total. The number of imide groups is 1. The highest BCUT2D eigenvalue weighted by atomic mass is 35.5. The molecule has 9 heteroatoms. The smallest absolute Gasteiger partial charge is 0.417 e. The van der Waals surface area contributed by atoms with Crippen LogP contribution in [-0.2, 0) is 19.6 Å². The Kier molecular flexibility index (Phi) is 4.07. The largest absolute Gasteiger partial charge is 0.439 e. The minimum Gasteiger partial charge on any atom is -0.439 e. The molecule has 0 aliphatic carbocycles. The second-order valence-corrected chi connectivity index (χ2v) is 7.80. The molecule has 2 aliphatic heterocycles. The van der Waals surface area contributed by atoms with E-state index in [0.29, 0.717) is 17.0 Å². The summed E-state index contributed by atoms with van der Waals surface area (Å²) in [6.07, 6.45) is -0.321. The molecule has 1 aromatic rings. The maximum Gasteiger partial charge on any atom is 0.417 e. The van der Waals surface area contributed by atoms with Gasteiger partial charge in [-0.2, -0.15) is 4.31 Å². The Labute approximate surface area is 138 Å². The van der Waals surface area contributed by atoms with Crippen molar-refractivity contribution in [3.05, 3.63) is 28.8 Å². The quantitative estimate of drug-likeness (QED) is 0.815. The standard InChI is InChI=1S/C14H15ClN2O5S/c1-9-11(15)3-2-4-12(9)23(20,21)16-6-5-10(7-16)17-13(18)8-22-14(17)19/h2-4,10H,5-8H2,1H3. The molecule has 1 aromatic carbocycles. The van der Waals surface area contributed by atoms with Gasteiger partial charge in [-0.1, -0.05) is 17.7 Å². The lowest BCUT2D eigenvalue weighted by molar-refractivity contribution is -0.127. The Morgan fingerprint density at radius 1 is 1.30 bits per heavy atom. The van der Waals surface area contributed by atoms with Crippen molar-refractivity contribution in [3.8, 4) is 0 Å². The van der Waals surface area contributed by atoms with Gasteiger partial charge in [-0.3, -0.25) is 4.79 Å². The molecule has 1 atom stereocenters. The first kappa shape index (κ1) is 16.2. The minimum atomic E-state index is -3.73. The first-order chi connectivity index (χ1) is 10.8. The summed E-state index contributed by atoms with van der Waals surface area (Å²) in [5.41, 5.74) is 0.481. The van der Waals surface area contributed by atoms with E-state index in [1.54, 1.807) is 19.1 Å². The Hall–Kier alpha value is -1.64. The number of nitrogens with zero attached hydrogens (tertiary/aromatic N) is 2. The zero-order chi connectivity index (χ0) is 16.8. The van der Waals surface area contributed by atoms with Gasteiger partial charge in [0, 0.05) is 18.1 Å². The normalized spacial score (nSPS) is 22.7. The number of hydrogen-bond donors (Lipinski definition) is 0. The van der Waals surface area contributed by atoms with Crippen molar-refractivity contribution in [2.45, 2.75) is 24.3 Å². The number of cyclic esters (lactones) is 1. The van der Waals surface area contributed by atoms with Gasteiger partial charge in [0.15, 0.2) is 6.61 Å². The van der Waals surface area contributed by atoms with E-state index < -0.39 is 28.1 Å². The first-order valence-electron chi connectivity index (χ1n) is 7.06. The molecule has 7 nitrogen and oxygen atoms in total. The van der Waals surface area contributed by atoms with Gasteiger partial charge in [0.25, 0.3) is 5.91 Å². The second-order valence-electron chi connectivity index (χ2n) is 5.49. The van der Waals surface area contributed by atoms with E-state index in [1.807, 2.05) is 0 Å². The number of benzene rings is 1. The van der Waals surface area contributed by atoms with Gasteiger partial charge in [0.2, 0.25) is 10.0 Å². The van der Waals surface area contributed by atoms with E-state index in [0.717, 1.165) is 4.90 Å². The van der Waals surface area contributed by atoms with Gasteiger partial charge in [-0.05, 0) is 31.0 Å². The first-order valence-corrected chi connectivity index (χ1v) is 8.88. The summed E-state index contributed by atoms with van der Waals surface area (Å²) in [4.78, 5) is 24.4. The van der Waals surface area contributed by atoms with E-state index in [9.17, 15) is 18.0 Å². The lowest BCUT2D eigenvalue weighted by atomic mass is 10.2. The molecule has 0 aromatic heterocycles. The summed E-state index contributed by atoms with van der Waals surface area (Å²) in [7, 11) is -3.73. The third kappa shape index (κ3) is 2.71. The van der Waals surface area contributed by atoms with Crippen molar-refractivity contribution in [2.24, 2.45) is 0 Å². The fourth-order valence-electron chi connectivity index (χ4n) is 2.86. The maximum absolute atomic E-state index is 12.8. The molecular weight excluding hydrogens is 344 g/mol. The van der Waals surface area contributed by atoms with Gasteiger partial charge in [0.05, 0.1) is 10.9 Å². The van der Waals surface area contributed by atoms with Crippen molar-refractivity contribution in [2.75, 3.05) is 19.7 Å². The van der Waals surface area contributed by atoms with E-state index in [1.165, 1.54) is 10.4 Å². The molecule has 2 amide bonds. The molecule has 3 rings (SSSR count). The van der Waals surface area contributed by atoms with Crippen molar-refractivity contribution in [1.29, 1.82) is 0 Å². The molecule has 0 saturated carbocycles. The Morgan fingerprint density at radius 3 is 2.70 bits per heavy atom. The van der Waals surface area contributed by atoms with Crippen molar-refractivity contribution in [1.82, 2.24) is 9.21 Å². The molecule has 1 unspecified atom stereocenters. The summed E-state index contributed by atoms with van der Waals surface area (Å²) in [6, 6.07) is 4.21. The lowest BCUT2D eigenvalue weighted by Gasteiger charge is -2.21. The summed E-state index contributed by atoms with van der Waals surface area (Å²) < 4.78 is 31.5. The number of rotatable bonds is 3. The number of amides is 2. The van der Waals surface area contributed by atoms with Gasteiger partial charge in [-0.15, -0.1) is 0 Å². The summed E-state index contributed by atoms with van der Waals surface area (Å²) in [6.45, 7) is 1.66. The van der Waals surface area contributed by atoms with E-state index >= 15 is 0 Å². The highest BCUT2D eigenvalue weighted by molar-refractivity contribution is 7.89. The van der Waals surface area contributed by atoms with Crippen molar-refractivity contribution >= 4 is 33.6 Å². The molecule has 2 saturated heterocycles. The second kappa shape index (κ2) is 5.77. The molecule has 2 heterocycles. The molecule has 0 spiro atoms. The topological polar surface area (TPSA) is 84.0 Å². The van der Waals surface area contributed by atoms with Crippen molar-refractivity contribution in [3.63, 3.8) is 0 Å². The van der Waals surface area contributed by atoms with Crippen LogP contribution in [0.1, 0.15) is 12.0 Å². The monoisotopic (exact) mass is 358 g/mol. The Morgan fingerprint density at radius 2 is 2.04 bits per heavy atom. The van der Waals surface area contributed by atoms with Gasteiger partial charge < -0.3 is 4.74 Å². The molecular formula is C14H15ClN2O5S. The highest BCUT2D eigenvalue weighted by Crippen LogP contribution is 2.29. The molecule has 0 bridgehead atoms. The minimum absolute atomic E-state index is 0.0646. The Balaban J connectivity index is 1.84. The third-order valence-electron chi connectivity index (χ3n) is 4.11. The number of sulfonamides is 1. The van der Waals surface area contributed by atoms with Crippen LogP contribution in [0.4, 0.5) is 4.79 Å². The number of ether oxygens (including phenoxy) is 1. The molecule has 2 fully saturated rings. The van der Waals surface area contributed by atoms with E-state index in [-0.39, 0.29) is 24.6 Å². The number of carbonyl (C=O) groups is 2. The number of hydrogen-bond acceptors (Lipinski definition) is 5. The fraction of sp³-hybridized carbons (Fsp3) is 0.429. The van der Waals surface area contributed by atoms with Crippen LogP contribution in [0.15, 0.2) is 23.1 Å². The lowest BCUT2D eigenvalue weighted by Crippen LogP contribution is -2.42. The van der Waals surface area contributed by atoms with Crippen molar-refractivity contribution < 1.29 is 22.7 Å². The SMILES string of the molecule is Cc1c(Cl)cccc1S(=O)(=O)N1CCC(N2C(=O)COC2=O)C1. The van der Waals surface area contributed by atoms with Gasteiger partial charge >= 0.3 is 6.09 Å². The summed E-state index contributed by atoms with van der Waals surface area (Å²) >= 11 is 6.00. The van der Waals surface area contributed by atoms with E-state index in [2.05, 4.69) is 4.74 Å². The third-order valence-corrected chi connectivity index (χ3v) is 6.53. The highest BCUT2D eigenvalue weighted by Gasteiger charge is 2.43. The molecule has 124 valence electrons. The average Bonchev–Trinajstić information content (AvgIpc) is 3.09. The number of carbonyl (C=O) groups excluding carboxylic acids is 2. The number of halogens is 1. The Bertz CT molecular complexity index is 763. The van der Waals surface area contributed by atoms with Crippen LogP contribution in [0.2, 0.25) is 5.02 Å². The predicted octanol–water partition coefficient (Wildman–Crippen LogP) is 1.39. The average molecular weight is 359 g/mol. The maximum atomic E-state index is 12.8. The van der Waals surface area contributed by atoms with Crippen LogP contribution in [0, 0.1) is 6.92 Å². The van der Waals surface area contributed by atoms with Crippen LogP contribution in [0.3, 0.4) is 0 Å². The molecule has 2 aliphatic rings. The molecule has 23 heavy (non-hydrogen) atoms. The van der Waals surface area contributed by atoms with Crippen LogP contribution in [0.25, 0.3) is 0 Å². The molecule has 0 radical (unpaired) electrons. The van der Waals surface area contributed by atoms with Crippen LogP contribution in [0.5, 0.6) is 0 Å². The summed E-state index contributed by atoms with van der Waals surface area (Å²) in [5, 5.41) is 0.375. The zero-order valence-corrected chi connectivity index (χ0v) is 13.9. The van der Waals surface area contributed by atoms with E-state index in [4.69, 9.17) is 11.6 Å². The predicted molar refractivity (Wildman–Crippen MR) is 81.5 cm³/mol. The van der Waals surface area contributed by atoms with Crippen LogP contribution in [-0.4, -0.2) is 55.4 Å². The van der Waals surface area contributed by atoms with Crippen LogP contribution < -0.4 is 0 Å². The van der Waals surface area contributed by atoms with Crippen LogP contribution >= 0.6 is 11.6 Å².